The summed E-state index contributed by atoms with van der Waals surface area (Å²) in [6, 6.07) is -1.00. The van der Waals surface area contributed by atoms with E-state index in [1.165, 1.54) is 6.92 Å². The van der Waals surface area contributed by atoms with Crippen molar-refractivity contribution in [3.8, 4) is 12.3 Å². The van der Waals surface area contributed by atoms with E-state index in [0.717, 1.165) is 0 Å². The van der Waals surface area contributed by atoms with E-state index in [1.54, 1.807) is 5.32 Å². The molecule has 0 rings (SSSR count). The van der Waals surface area contributed by atoms with E-state index < -0.39 is 24.3 Å². The fraction of sp³-hybridized carbons (Fsp3) is 0.571. The summed E-state index contributed by atoms with van der Waals surface area (Å²) < 4.78 is 47.5. The fourth-order valence-corrected chi connectivity index (χ4v) is 0.434. The highest BCUT2D eigenvalue weighted by Crippen LogP contribution is 2.22. The second-order valence-electron chi connectivity index (χ2n) is 2.29. The molecule has 0 radical (unpaired) electrons. The highest BCUT2D eigenvalue weighted by atomic mass is 19.3. The summed E-state index contributed by atoms with van der Waals surface area (Å²) in [7, 11) is 0. The smallest absolute Gasteiger partial charge is 0.337 e. The molecular weight excluding hydrogens is 190 g/mol. The molecule has 1 atom stereocenters. The van der Waals surface area contributed by atoms with Crippen LogP contribution in [0, 0.1) is 12.3 Å². The minimum Gasteiger partial charge on any atom is -0.337 e. The summed E-state index contributed by atoms with van der Waals surface area (Å²) in [5.41, 5.74) is 0. The highest BCUT2D eigenvalue weighted by Gasteiger charge is 2.49. The second-order valence-corrected chi connectivity index (χ2v) is 2.29. The predicted molar refractivity (Wildman–Crippen MR) is 37.4 cm³/mol. The third-order valence-electron chi connectivity index (χ3n) is 1.17. The van der Waals surface area contributed by atoms with Crippen LogP contribution in [0.5, 0.6) is 0 Å². The number of alkyl halides is 4. The quantitative estimate of drug-likeness (QED) is 0.531. The first-order chi connectivity index (χ1) is 5.82. The molecule has 1 N–H and O–H groups in total. The maximum atomic E-state index is 12.2. The van der Waals surface area contributed by atoms with Crippen LogP contribution in [0.4, 0.5) is 17.6 Å². The van der Waals surface area contributed by atoms with Crippen LogP contribution < -0.4 is 5.32 Å². The van der Waals surface area contributed by atoms with Gasteiger partial charge in [0.1, 0.15) is 0 Å². The van der Waals surface area contributed by atoms with Gasteiger partial charge in [0.15, 0.2) is 0 Å². The Bertz CT molecular complexity index is 233. The van der Waals surface area contributed by atoms with Crippen LogP contribution in [0.1, 0.15) is 6.92 Å². The standard InChI is InChI=1S/C7H7F4NO/c1-3-4(2)12-6(13)7(10,11)5(8)9/h1,4-5H,2H3,(H,12,13). The molecule has 0 heterocycles. The molecule has 2 nitrogen and oxygen atoms in total. The molecule has 0 aromatic rings. The van der Waals surface area contributed by atoms with E-state index in [9.17, 15) is 22.4 Å². The molecule has 0 aliphatic carbocycles. The summed E-state index contributed by atoms with van der Waals surface area (Å²) >= 11 is 0. The lowest BCUT2D eigenvalue weighted by Gasteiger charge is -2.15. The number of hydrogen-bond donors (Lipinski definition) is 1. The Hall–Kier alpha value is -1.25. The molecular formula is C7H7F4NO. The molecule has 0 saturated carbocycles. The SMILES string of the molecule is C#CC(C)NC(=O)C(F)(F)C(F)F. The molecule has 0 aromatic heterocycles. The van der Waals surface area contributed by atoms with Crippen molar-refractivity contribution in [3.05, 3.63) is 0 Å². The Labute approximate surface area is 72.3 Å². The number of carbonyl (C=O) groups excluding carboxylic acids is 1. The minimum atomic E-state index is -4.69. The van der Waals surface area contributed by atoms with Gasteiger partial charge in [-0.3, -0.25) is 4.79 Å². The Balaban J connectivity index is 4.36. The first kappa shape index (κ1) is 11.8. The van der Waals surface area contributed by atoms with Crippen LogP contribution in [-0.4, -0.2) is 24.3 Å². The lowest BCUT2D eigenvalue weighted by atomic mass is 10.3. The van der Waals surface area contributed by atoms with Crippen LogP contribution in [0.3, 0.4) is 0 Å². The second kappa shape index (κ2) is 4.12. The molecule has 0 saturated heterocycles. The van der Waals surface area contributed by atoms with E-state index in [4.69, 9.17) is 6.42 Å². The molecule has 1 unspecified atom stereocenters. The largest absolute Gasteiger partial charge is 0.383 e. The zero-order valence-corrected chi connectivity index (χ0v) is 6.65. The molecule has 13 heavy (non-hydrogen) atoms. The normalized spacial score (nSPS) is 13.6. The minimum absolute atomic E-state index is 1.00. The Morgan fingerprint density at radius 1 is 1.54 bits per heavy atom. The van der Waals surface area contributed by atoms with Gasteiger partial charge in [0, 0.05) is 0 Å². The van der Waals surface area contributed by atoms with Gasteiger partial charge in [0.05, 0.1) is 6.04 Å². The van der Waals surface area contributed by atoms with Gasteiger partial charge >= 0.3 is 12.3 Å². The molecule has 0 spiro atoms. The zero-order chi connectivity index (χ0) is 10.6. The topological polar surface area (TPSA) is 29.1 Å². The Kier molecular flexibility index (Phi) is 3.72. The van der Waals surface area contributed by atoms with Gasteiger partial charge in [-0.15, -0.1) is 6.42 Å². The van der Waals surface area contributed by atoms with Gasteiger partial charge in [0.25, 0.3) is 5.91 Å². The van der Waals surface area contributed by atoms with Gasteiger partial charge in [-0.25, -0.2) is 8.78 Å². The first-order valence-corrected chi connectivity index (χ1v) is 3.25. The van der Waals surface area contributed by atoms with Crippen molar-refractivity contribution in [2.24, 2.45) is 0 Å². The zero-order valence-electron chi connectivity index (χ0n) is 6.65. The molecule has 74 valence electrons. The summed E-state index contributed by atoms with van der Waals surface area (Å²) in [5.74, 6) is -4.85. The van der Waals surface area contributed by atoms with E-state index in [0.29, 0.717) is 0 Å². The summed E-state index contributed by atoms with van der Waals surface area (Å²) in [4.78, 5) is 10.4. The average Bonchev–Trinajstić information content (AvgIpc) is 2.03. The first-order valence-electron chi connectivity index (χ1n) is 3.25. The van der Waals surface area contributed by atoms with Crippen molar-refractivity contribution in [3.63, 3.8) is 0 Å². The van der Waals surface area contributed by atoms with Crippen molar-refractivity contribution in [2.45, 2.75) is 25.3 Å². The number of amides is 1. The van der Waals surface area contributed by atoms with Crippen molar-refractivity contribution in [1.82, 2.24) is 5.32 Å². The van der Waals surface area contributed by atoms with Crippen molar-refractivity contribution in [2.75, 3.05) is 0 Å². The van der Waals surface area contributed by atoms with Gasteiger partial charge in [0.2, 0.25) is 0 Å². The number of rotatable bonds is 3. The highest BCUT2D eigenvalue weighted by molar-refractivity contribution is 5.84. The molecule has 0 fully saturated rings. The number of terminal acetylenes is 1. The molecule has 0 aromatic carbocycles. The number of carbonyl (C=O) groups is 1. The number of hydrogen-bond acceptors (Lipinski definition) is 1. The molecule has 0 aliphatic rings. The fourth-order valence-electron chi connectivity index (χ4n) is 0.434. The van der Waals surface area contributed by atoms with Crippen LogP contribution >= 0.6 is 0 Å². The molecule has 1 amide bonds. The summed E-state index contributed by atoms with van der Waals surface area (Å²) in [6.45, 7) is 1.22. The third-order valence-corrected chi connectivity index (χ3v) is 1.17. The van der Waals surface area contributed by atoms with E-state index in [1.807, 2.05) is 5.92 Å². The van der Waals surface area contributed by atoms with Crippen molar-refractivity contribution in [1.29, 1.82) is 0 Å². The summed E-state index contributed by atoms with van der Waals surface area (Å²) in [6.07, 6.45) is 0.712. The van der Waals surface area contributed by atoms with Gasteiger partial charge in [-0.1, -0.05) is 5.92 Å². The lowest BCUT2D eigenvalue weighted by molar-refractivity contribution is -0.169. The van der Waals surface area contributed by atoms with Gasteiger partial charge < -0.3 is 5.32 Å². The van der Waals surface area contributed by atoms with Crippen LogP contribution in [0.2, 0.25) is 0 Å². The third kappa shape index (κ3) is 2.93. The maximum absolute atomic E-state index is 12.2. The van der Waals surface area contributed by atoms with Crippen molar-refractivity contribution < 1.29 is 22.4 Å². The van der Waals surface area contributed by atoms with Gasteiger partial charge in [-0.2, -0.15) is 8.78 Å². The van der Waals surface area contributed by atoms with Crippen LogP contribution in [-0.2, 0) is 4.79 Å². The van der Waals surface area contributed by atoms with Crippen molar-refractivity contribution >= 4 is 5.91 Å². The Morgan fingerprint density at radius 3 is 2.31 bits per heavy atom. The average molecular weight is 197 g/mol. The predicted octanol–water partition coefficient (Wildman–Crippen LogP) is 1.02. The van der Waals surface area contributed by atoms with E-state index in [2.05, 4.69) is 0 Å². The number of halogens is 4. The maximum Gasteiger partial charge on any atom is 0.383 e. The summed E-state index contributed by atoms with van der Waals surface area (Å²) in [5, 5.41) is 1.55. The number of nitrogens with one attached hydrogen (secondary N) is 1. The lowest BCUT2D eigenvalue weighted by Crippen LogP contribution is -2.47. The monoisotopic (exact) mass is 197 g/mol. The molecule has 0 bridgehead atoms. The van der Waals surface area contributed by atoms with Crippen LogP contribution in [0.15, 0.2) is 0 Å². The van der Waals surface area contributed by atoms with Gasteiger partial charge in [-0.05, 0) is 6.92 Å². The van der Waals surface area contributed by atoms with E-state index in [-0.39, 0.29) is 0 Å². The van der Waals surface area contributed by atoms with E-state index >= 15 is 0 Å². The molecule has 6 heteroatoms. The molecule has 0 aliphatic heterocycles. The van der Waals surface area contributed by atoms with Crippen LogP contribution in [0.25, 0.3) is 0 Å². The Morgan fingerprint density at radius 2 is 2.00 bits per heavy atom.